The first-order chi connectivity index (χ1) is 18.8. The lowest BCUT2D eigenvalue weighted by Gasteiger charge is -2.41. The van der Waals surface area contributed by atoms with Gasteiger partial charge >= 0.3 is 5.97 Å². The number of hydrogen-bond donors (Lipinski definition) is 3. The molecule has 4 N–H and O–H groups in total. The van der Waals surface area contributed by atoms with Crippen molar-refractivity contribution in [3.8, 4) is 0 Å². The predicted molar refractivity (Wildman–Crippen MR) is 154 cm³/mol. The first-order valence-corrected chi connectivity index (χ1v) is 13.6. The van der Waals surface area contributed by atoms with Crippen molar-refractivity contribution >= 4 is 40.3 Å². The van der Waals surface area contributed by atoms with E-state index in [-0.39, 0.29) is 28.3 Å². The van der Waals surface area contributed by atoms with Gasteiger partial charge in [0.25, 0.3) is 0 Å². The fourth-order valence-electron chi connectivity index (χ4n) is 5.82. The van der Waals surface area contributed by atoms with Gasteiger partial charge in [0, 0.05) is 49.0 Å². The third-order valence-corrected chi connectivity index (χ3v) is 7.89. The van der Waals surface area contributed by atoms with Crippen LogP contribution in [0, 0.1) is 0 Å². The molecule has 3 aromatic carbocycles. The van der Waals surface area contributed by atoms with Crippen molar-refractivity contribution in [3.05, 3.63) is 82.4 Å². The van der Waals surface area contributed by atoms with Crippen molar-refractivity contribution < 1.29 is 19.5 Å². The van der Waals surface area contributed by atoms with Crippen molar-refractivity contribution in [1.82, 2.24) is 4.90 Å². The van der Waals surface area contributed by atoms with E-state index in [1.54, 1.807) is 36.4 Å². The number of piperazine rings is 1. The molecule has 8 nitrogen and oxygen atoms in total. The number of nitrogens with two attached hydrogens (primary N) is 1. The molecule has 1 saturated heterocycles. The highest BCUT2D eigenvalue weighted by atomic mass is 16.4. The summed E-state index contributed by atoms with van der Waals surface area (Å²) in [6.45, 7) is 7.75. The van der Waals surface area contributed by atoms with Gasteiger partial charge in [0.2, 0.25) is 0 Å². The maximum atomic E-state index is 13.7. The van der Waals surface area contributed by atoms with Crippen molar-refractivity contribution in [2.24, 2.45) is 0 Å². The molecule has 0 amide bonds. The number of aromatic carboxylic acids is 1. The van der Waals surface area contributed by atoms with Gasteiger partial charge in [0.15, 0.2) is 11.6 Å². The van der Waals surface area contributed by atoms with E-state index in [0.29, 0.717) is 34.2 Å². The number of hydrogen-bond acceptors (Lipinski definition) is 7. The molecule has 0 saturated carbocycles. The molecule has 8 heteroatoms. The third-order valence-electron chi connectivity index (χ3n) is 7.89. The zero-order chi connectivity index (χ0) is 27.7. The van der Waals surface area contributed by atoms with Gasteiger partial charge in [0.1, 0.15) is 0 Å². The lowest BCUT2D eigenvalue weighted by atomic mass is 9.81. The summed E-state index contributed by atoms with van der Waals surface area (Å²) in [6.07, 6.45) is 3.43. The Morgan fingerprint density at radius 2 is 1.56 bits per heavy atom. The van der Waals surface area contributed by atoms with Gasteiger partial charge in [-0.25, -0.2) is 4.79 Å². The molecule has 202 valence electrons. The summed E-state index contributed by atoms with van der Waals surface area (Å²) in [4.78, 5) is 43.5. The minimum atomic E-state index is -1.02. The highest BCUT2D eigenvalue weighted by Gasteiger charge is 2.36. The molecule has 2 aliphatic rings. The number of carbonyl (C=O) groups is 3. The summed E-state index contributed by atoms with van der Waals surface area (Å²) in [6, 6.07) is 15.5. The predicted octanol–water partition coefficient (Wildman–Crippen LogP) is 5.19. The van der Waals surface area contributed by atoms with E-state index in [9.17, 15) is 19.5 Å². The number of nitrogens with zero attached hydrogens (tertiary/aromatic N) is 2. The Bertz CT molecular complexity index is 1430. The van der Waals surface area contributed by atoms with Gasteiger partial charge in [-0.05, 0) is 43.2 Å². The molecule has 1 fully saturated rings. The summed E-state index contributed by atoms with van der Waals surface area (Å²) >= 11 is 0. The average Bonchev–Trinajstić information content (AvgIpc) is 2.95. The Labute approximate surface area is 228 Å². The van der Waals surface area contributed by atoms with Crippen LogP contribution in [0.2, 0.25) is 0 Å². The number of benzene rings is 3. The highest BCUT2D eigenvalue weighted by molar-refractivity contribution is 6.32. The first kappa shape index (κ1) is 26.4. The molecule has 1 heterocycles. The second kappa shape index (κ2) is 10.9. The van der Waals surface area contributed by atoms with E-state index < -0.39 is 5.97 Å². The number of anilines is 4. The standard InChI is InChI=1S/C31H34N4O4/c1-3-7-21(4-2)34-14-16-35(17-15-34)25-18-24(33-20-12-10-19(11-13-20)31(38)39)26-27(28(25)32)30(37)23-9-6-5-8-22(23)29(26)36/h5-6,8-13,18,21,33H,3-4,7,14-17,32H2,1-2H3,(H,38,39). The molecule has 0 radical (unpaired) electrons. The second-order valence-electron chi connectivity index (χ2n) is 10.2. The summed E-state index contributed by atoms with van der Waals surface area (Å²) in [5.41, 5.74) is 10.2. The molecule has 0 aromatic heterocycles. The Morgan fingerprint density at radius 3 is 2.13 bits per heavy atom. The number of nitrogen functional groups attached to an aromatic ring is 1. The molecular formula is C31H34N4O4. The van der Waals surface area contributed by atoms with Crippen LogP contribution in [0.1, 0.15) is 75.3 Å². The number of fused-ring (bicyclic) bond motifs is 2. The second-order valence-corrected chi connectivity index (χ2v) is 10.2. The van der Waals surface area contributed by atoms with Crippen molar-refractivity contribution in [2.45, 2.75) is 39.2 Å². The lowest BCUT2D eigenvalue weighted by molar-refractivity contribution is 0.0696. The van der Waals surface area contributed by atoms with E-state index in [1.807, 2.05) is 6.07 Å². The van der Waals surface area contributed by atoms with Gasteiger partial charge in [0.05, 0.1) is 33.8 Å². The molecular weight excluding hydrogens is 492 g/mol. The first-order valence-electron chi connectivity index (χ1n) is 13.6. The van der Waals surface area contributed by atoms with Gasteiger partial charge in [-0.1, -0.05) is 44.5 Å². The topological polar surface area (TPSA) is 116 Å². The maximum Gasteiger partial charge on any atom is 0.335 e. The van der Waals surface area contributed by atoms with Gasteiger partial charge < -0.3 is 21.1 Å². The SMILES string of the molecule is CCCC(CC)N1CCN(c2cc(Nc3ccc(C(=O)O)cc3)c3c(c2N)C(=O)c2ccccc2C3=O)CC1. The summed E-state index contributed by atoms with van der Waals surface area (Å²) in [5, 5.41) is 12.5. The molecule has 39 heavy (non-hydrogen) atoms. The third kappa shape index (κ3) is 4.88. The average molecular weight is 527 g/mol. The number of carboxylic acids is 1. The van der Waals surface area contributed by atoms with Gasteiger partial charge in [-0.3, -0.25) is 14.5 Å². The van der Waals surface area contributed by atoms with Crippen LogP contribution in [0.4, 0.5) is 22.7 Å². The Morgan fingerprint density at radius 1 is 0.949 bits per heavy atom. The van der Waals surface area contributed by atoms with Crippen LogP contribution in [-0.4, -0.2) is 59.8 Å². The van der Waals surface area contributed by atoms with Crippen LogP contribution in [0.25, 0.3) is 0 Å². The zero-order valence-electron chi connectivity index (χ0n) is 22.4. The van der Waals surface area contributed by atoms with Crippen LogP contribution >= 0.6 is 0 Å². The van der Waals surface area contributed by atoms with E-state index >= 15 is 0 Å². The zero-order valence-corrected chi connectivity index (χ0v) is 22.4. The quantitative estimate of drug-likeness (QED) is 0.269. The maximum absolute atomic E-state index is 13.7. The van der Waals surface area contributed by atoms with E-state index in [2.05, 4.69) is 29.0 Å². The summed E-state index contributed by atoms with van der Waals surface area (Å²) < 4.78 is 0. The number of rotatable bonds is 8. The molecule has 1 atom stereocenters. The van der Waals surface area contributed by atoms with Gasteiger partial charge in [-0.2, -0.15) is 0 Å². The van der Waals surface area contributed by atoms with Crippen molar-refractivity contribution in [2.75, 3.05) is 42.1 Å². The number of carboxylic acid groups (broad SMARTS) is 1. The number of ketones is 2. The summed E-state index contributed by atoms with van der Waals surface area (Å²) in [7, 11) is 0. The summed E-state index contributed by atoms with van der Waals surface area (Å²) in [5.74, 6) is -1.55. The normalized spacial score (nSPS) is 16.0. The minimum absolute atomic E-state index is 0.159. The number of nitrogens with one attached hydrogen (secondary N) is 1. The lowest BCUT2D eigenvalue weighted by Crippen LogP contribution is -2.50. The van der Waals surface area contributed by atoms with E-state index in [4.69, 9.17) is 5.73 Å². The monoisotopic (exact) mass is 526 g/mol. The van der Waals surface area contributed by atoms with Crippen molar-refractivity contribution in [3.63, 3.8) is 0 Å². The van der Waals surface area contributed by atoms with Crippen LogP contribution in [0.5, 0.6) is 0 Å². The fourth-order valence-corrected chi connectivity index (χ4v) is 5.82. The highest BCUT2D eigenvalue weighted by Crippen LogP contribution is 2.42. The molecule has 1 aliphatic carbocycles. The van der Waals surface area contributed by atoms with Crippen LogP contribution in [-0.2, 0) is 0 Å². The van der Waals surface area contributed by atoms with Crippen molar-refractivity contribution in [1.29, 1.82) is 0 Å². The largest absolute Gasteiger partial charge is 0.478 e. The molecule has 0 bridgehead atoms. The van der Waals surface area contributed by atoms with Gasteiger partial charge in [-0.15, -0.1) is 0 Å². The van der Waals surface area contributed by atoms with Crippen LogP contribution in [0.15, 0.2) is 54.6 Å². The number of carbonyl (C=O) groups excluding carboxylic acids is 2. The molecule has 0 spiro atoms. The molecule has 5 rings (SSSR count). The Hall–Kier alpha value is -4.17. The Kier molecular flexibility index (Phi) is 7.39. The van der Waals surface area contributed by atoms with E-state index in [1.165, 1.54) is 18.6 Å². The van der Waals surface area contributed by atoms with E-state index in [0.717, 1.165) is 44.7 Å². The van der Waals surface area contributed by atoms with Crippen LogP contribution < -0.4 is 16.0 Å². The fraction of sp³-hybridized carbons (Fsp3) is 0.323. The smallest absolute Gasteiger partial charge is 0.335 e. The molecule has 3 aromatic rings. The Balaban J connectivity index is 1.56. The molecule has 1 aliphatic heterocycles. The van der Waals surface area contributed by atoms with Crippen LogP contribution in [0.3, 0.4) is 0 Å². The minimum Gasteiger partial charge on any atom is -0.478 e. The molecule has 1 unspecified atom stereocenters.